The van der Waals surface area contributed by atoms with Gasteiger partial charge in [0.1, 0.15) is 0 Å². The molecule has 0 heterocycles. The molecule has 21 heavy (non-hydrogen) atoms. The van der Waals surface area contributed by atoms with Gasteiger partial charge in [-0.25, -0.2) is 0 Å². The van der Waals surface area contributed by atoms with Crippen molar-refractivity contribution in [1.29, 1.82) is 0 Å². The van der Waals surface area contributed by atoms with Crippen molar-refractivity contribution in [3.8, 4) is 0 Å². The molecule has 0 bridgehead atoms. The van der Waals surface area contributed by atoms with Crippen molar-refractivity contribution < 1.29 is 5.21 Å². The maximum atomic E-state index is 9.54. The fourth-order valence-corrected chi connectivity index (χ4v) is 3.38. The lowest BCUT2D eigenvalue weighted by Gasteiger charge is -2.21. The molecule has 0 fully saturated rings. The number of hydrogen-bond donors (Lipinski definition) is 1. The maximum absolute atomic E-state index is 9.54. The molecule has 0 saturated carbocycles. The van der Waals surface area contributed by atoms with Gasteiger partial charge in [-0.1, -0.05) is 63.2 Å². The van der Waals surface area contributed by atoms with E-state index in [-0.39, 0.29) is 5.92 Å². The second-order valence-corrected chi connectivity index (χ2v) is 6.72. The Morgan fingerprint density at radius 2 is 1.81 bits per heavy atom. The average Bonchev–Trinajstić information content (AvgIpc) is 2.78. The molecule has 0 aliphatic heterocycles. The predicted molar refractivity (Wildman–Crippen MR) is 87.1 cm³/mol. The molecule has 2 nitrogen and oxygen atoms in total. The number of fused-ring (bicyclic) bond motifs is 3. The third-order valence-corrected chi connectivity index (χ3v) is 4.72. The predicted octanol–water partition coefficient (Wildman–Crippen LogP) is 4.85. The monoisotopic (exact) mass is 281 g/mol. The van der Waals surface area contributed by atoms with Crippen LogP contribution in [0, 0.1) is 11.8 Å². The molecule has 1 aromatic carbocycles. The van der Waals surface area contributed by atoms with Gasteiger partial charge in [-0.3, -0.25) is 0 Å². The second kappa shape index (κ2) is 5.18. The van der Waals surface area contributed by atoms with Gasteiger partial charge < -0.3 is 5.21 Å². The first-order valence-electron chi connectivity index (χ1n) is 7.79. The van der Waals surface area contributed by atoms with E-state index in [1.54, 1.807) is 0 Å². The fourth-order valence-electron chi connectivity index (χ4n) is 3.38. The minimum atomic E-state index is 0.176. The molecular weight excluding hydrogens is 258 g/mol. The number of allylic oxidation sites excluding steroid dienone is 4. The van der Waals surface area contributed by atoms with Gasteiger partial charge in [0.2, 0.25) is 0 Å². The first-order chi connectivity index (χ1) is 10.0. The zero-order valence-electron chi connectivity index (χ0n) is 13.2. The van der Waals surface area contributed by atoms with E-state index in [0.29, 0.717) is 17.8 Å². The third-order valence-electron chi connectivity index (χ3n) is 4.72. The summed E-state index contributed by atoms with van der Waals surface area (Å²) in [5, 5.41) is 13.2. The van der Waals surface area contributed by atoms with Crippen LogP contribution in [-0.4, -0.2) is 10.9 Å². The van der Waals surface area contributed by atoms with Gasteiger partial charge in [0, 0.05) is 17.4 Å². The van der Waals surface area contributed by atoms with Gasteiger partial charge in [0.25, 0.3) is 0 Å². The summed E-state index contributed by atoms with van der Waals surface area (Å²) in [4.78, 5) is 0. The molecule has 1 N–H and O–H groups in total. The fraction of sp³-hybridized carbons (Fsp3) is 0.421. The van der Waals surface area contributed by atoms with Crippen molar-refractivity contribution in [2.24, 2.45) is 17.0 Å². The van der Waals surface area contributed by atoms with Crippen molar-refractivity contribution >= 4 is 5.71 Å². The largest absolute Gasteiger partial charge is 0.411 e. The SMILES string of the molecule is CC(C)C1=CC2/C(=N\O)c3cc(C(C)C)ccc3C2C=C1. The van der Waals surface area contributed by atoms with Gasteiger partial charge in [-0.15, -0.1) is 0 Å². The molecule has 3 rings (SSSR count). The second-order valence-electron chi connectivity index (χ2n) is 6.72. The molecule has 0 saturated heterocycles. The van der Waals surface area contributed by atoms with Crippen molar-refractivity contribution in [3.63, 3.8) is 0 Å². The summed E-state index contributed by atoms with van der Waals surface area (Å²) in [7, 11) is 0. The van der Waals surface area contributed by atoms with Crippen LogP contribution >= 0.6 is 0 Å². The topological polar surface area (TPSA) is 32.6 Å². The molecule has 0 radical (unpaired) electrons. The molecule has 0 aromatic heterocycles. The molecule has 2 heteroatoms. The number of hydrogen-bond acceptors (Lipinski definition) is 2. The van der Waals surface area contributed by atoms with E-state index in [2.05, 4.69) is 69.3 Å². The first-order valence-corrected chi connectivity index (χ1v) is 7.79. The highest BCUT2D eigenvalue weighted by Crippen LogP contribution is 2.44. The minimum Gasteiger partial charge on any atom is -0.411 e. The lowest BCUT2D eigenvalue weighted by Crippen LogP contribution is -2.15. The zero-order chi connectivity index (χ0) is 15.1. The van der Waals surface area contributed by atoms with Gasteiger partial charge in [0.15, 0.2) is 0 Å². The van der Waals surface area contributed by atoms with Crippen LogP contribution in [0.25, 0.3) is 0 Å². The smallest absolute Gasteiger partial charge is 0.0948 e. The highest BCUT2D eigenvalue weighted by molar-refractivity contribution is 6.08. The molecular formula is C19H23NO. The molecule has 1 aromatic rings. The van der Waals surface area contributed by atoms with E-state index < -0.39 is 0 Å². The Hall–Kier alpha value is -1.83. The van der Waals surface area contributed by atoms with Crippen LogP contribution in [0.15, 0.2) is 47.2 Å². The molecule has 110 valence electrons. The normalized spacial score (nSPS) is 25.4. The molecule has 2 unspecified atom stereocenters. The summed E-state index contributed by atoms with van der Waals surface area (Å²) in [6.07, 6.45) is 6.78. The number of oxime groups is 1. The highest BCUT2D eigenvalue weighted by Gasteiger charge is 2.37. The zero-order valence-corrected chi connectivity index (χ0v) is 13.2. The number of benzene rings is 1. The lowest BCUT2D eigenvalue weighted by atomic mass is 9.83. The Morgan fingerprint density at radius 1 is 1.05 bits per heavy atom. The van der Waals surface area contributed by atoms with Gasteiger partial charge >= 0.3 is 0 Å². The molecule has 2 atom stereocenters. The van der Waals surface area contributed by atoms with Gasteiger partial charge in [-0.2, -0.15) is 0 Å². The van der Waals surface area contributed by atoms with Gasteiger partial charge in [0.05, 0.1) is 5.71 Å². The van der Waals surface area contributed by atoms with Crippen LogP contribution in [0.4, 0.5) is 0 Å². The van der Waals surface area contributed by atoms with E-state index in [1.165, 1.54) is 16.7 Å². The van der Waals surface area contributed by atoms with Crippen LogP contribution in [0.1, 0.15) is 56.2 Å². The summed E-state index contributed by atoms with van der Waals surface area (Å²) >= 11 is 0. The standard InChI is InChI=1S/C19H23NO/c1-11(2)13-5-7-15-16-8-6-14(12(3)4)10-18(16)19(20-21)17(15)9-13/h5-12,15,17,21H,1-4H3/b20-19+. The van der Waals surface area contributed by atoms with Crippen molar-refractivity contribution in [1.82, 2.24) is 0 Å². The third kappa shape index (κ3) is 2.23. The van der Waals surface area contributed by atoms with E-state index in [1.807, 2.05) is 0 Å². The highest BCUT2D eigenvalue weighted by atomic mass is 16.4. The van der Waals surface area contributed by atoms with Crippen LogP contribution in [0.2, 0.25) is 0 Å². The summed E-state index contributed by atoms with van der Waals surface area (Å²) in [6, 6.07) is 6.61. The summed E-state index contributed by atoms with van der Waals surface area (Å²) in [5.74, 6) is 1.47. The Balaban J connectivity index is 2.09. The van der Waals surface area contributed by atoms with Gasteiger partial charge in [-0.05, 0) is 34.6 Å². The van der Waals surface area contributed by atoms with Crippen LogP contribution in [0.3, 0.4) is 0 Å². The summed E-state index contributed by atoms with van der Waals surface area (Å²) in [6.45, 7) is 8.78. The van der Waals surface area contributed by atoms with E-state index in [0.717, 1.165) is 11.3 Å². The van der Waals surface area contributed by atoms with Crippen molar-refractivity contribution in [2.75, 3.05) is 0 Å². The quantitative estimate of drug-likeness (QED) is 0.609. The van der Waals surface area contributed by atoms with Crippen LogP contribution in [-0.2, 0) is 0 Å². The summed E-state index contributed by atoms with van der Waals surface area (Å²) < 4.78 is 0. The van der Waals surface area contributed by atoms with E-state index in [9.17, 15) is 5.21 Å². The average molecular weight is 281 g/mol. The summed E-state index contributed by atoms with van der Waals surface area (Å²) in [5.41, 5.74) is 5.84. The minimum absolute atomic E-state index is 0.176. The Kier molecular flexibility index (Phi) is 3.48. The van der Waals surface area contributed by atoms with Crippen molar-refractivity contribution in [2.45, 2.75) is 39.5 Å². The molecule has 2 aliphatic carbocycles. The number of nitrogens with zero attached hydrogens (tertiary/aromatic N) is 1. The van der Waals surface area contributed by atoms with Crippen molar-refractivity contribution in [3.05, 3.63) is 58.7 Å². The maximum Gasteiger partial charge on any atom is 0.0948 e. The Labute approximate surface area is 126 Å². The lowest BCUT2D eigenvalue weighted by molar-refractivity contribution is 0.316. The molecule has 0 spiro atoms. The molecule has 0 amide bonds. The number of rotatable bonds is 2. The molecule has 2 aliphatic rings. The Morgan fingerprint density at radius 3 is 2.43 bits per heavy atom. The first kappa shape index (κ1) is 14.1. The van der Waals surface area contributed by atoms with Crippen LogP contribution in [0.5, 0.6) is 0 Å². The van der Waals surface area contributed by atoms with E-state index >= 15 is 0 Å². The van der Waals surface area contributed by atoms with Crippen LogP contribution < -0.4 is 0 Å². The Bertz CT molecular complexity index is 650. The van der Waals surface area contributed by atoms with E-state index in [4.69, 9.17) is 0 Å².